The predicted molar refractivity (Wildman–Crippen MR) is 53.1 cm³/mol. The second-order valence-electron chi connectivity index (χ2n) is 5.25. The summed E-state index contributed by atoms with van der Waals surface area (Å²) in [4.78, 5) is 0. The molecule has 2 aliphatic rings. The number of aliphatic hydroxyl groups is 1. The van der Waals surface area contributed by atoms with Crippen molar-refractivity contribution in [3.63, 3.8) is 0 Å². The first-order valence-electron chi connectivity index (χ1n) is 4.72. The molecule has 2 fully saturated rings. The number of hydrogen-bond acceptors (Lipinski definition) is 1. The van der Waals surface area contributed by atoms with Crippen LogP contribution in [0.1, 0.15) is 40.0 Å². The summed E-state index contributed by atoms with van der Waals surface area (Å²) in [6, 6.07) is 0. The molecule has 2 heteroatoms. The lowest BCUT2D eigenvalue weighted by Gasteiger charge is -2.41. The molecule has 0 amide bonds. The van der Waals surface area contributed by atoms with E-state index in [0.29, 0.717) is 11.3 Å². The third-order valence-electron chi connectivity index (χ3n) is 4.80. The molecule has 0 aromatic carbocycles. The summed E-state index contributed by atoms with van der Waals surface area (Å²) in [6.45, 7) is 6.81. The van der Waals surface area contributed by atoms with Crippen LogP contribution < -0.4 is 0 Å². The number of fused-ring (bicyclic) bond motifs is 2. The Morgan fingerprint density at radius 1 is 1.33 bits per heavy atom. The van der Waals surface area contributed by atoms with Crippen molar-refractivity contribution in [3.8, 4) is 0 Å². The summed E-state index contributed by atoms with van der Waals surface area (Å²) in [5, 5.41) is 10.2. The quantitative estimate of drug-likeness (QED) is 0.638. The fraction of sp³-hybridized carbons (Fsp3) is 1.00. The molecule has 1 nitrogen and oxygen atoms in total. The normalized spacial score (nSPS) is 56.2. The van der Waals surface area contributed by atoms with Gasteiger partial charge in [-0.05, 0) is 30.6 Å². The van der Waals surface area contributed by atoms with Crippen LogP contribution in [-0.4, -0.2) is 9.62 Å². The number of rotatable bonds is 0. The van der Waals surface area contributed by atoms with Crippen LogP contribution in [0.5, 0.6) is 0 Å². The molecule has 70 valence electrons. The van der Waals surface area contributed by atoms with Gasteiger partial charge in [0, 0.05) is 5.41 Å². The highest BCUT2D eigenvalue weighted by Crippen LogP contribution is 2.71. The maximum Gasteiger partial charge on any atom is 0.125 e. The van der Waals surface area contributed by atoms with Crippen LogP contribution >= 0.6 is 15.9 Å². The molecular weight excluding hydrogens is 216 g/mol. The standard InChI is InChI=1S/C10H17BrO/c1-8(2)7-4-5-9(8,3)10(11,12)6-7/h7,12H,4-6H2,1-3H3/t7-,9-,10-/m1/s1. The van der Waals surface area contributed by atoms with Crippen LogP contribution in [0, 0.1) is 16.7 Å². The Morgan fingerprint density at radius 2 is 1.92 bits per heavy atom. The Bertz CT molecular complexity index is 222. The lowest BCUT2D eigenvalue weighted by Crippen LogP contribution is -2.42. The van der Waals surface area contributed by atoms with Gasteiger partial charge in [-0.1, -0.05) is 36.7 Å². The summed E-state index contributed by atoms with van der Waals surface area (Å²) in [6.07, 6.45) is 3.38. The Labute approximate surface area is 82.7 Å². The van der Waals surface area contributed by atoms with Gasteiger partial charge in [-0.3, -0.25) is 0 Å². The fourth-order valence-electron chi connectivity index (χ4n) is 3.19. The second kappa shape index (κ2) is 2.09. The number of hydrogen-bond donors (Lipinski definition) is 1. The highest BCUT2D eigenvalue weighted by atomic mass is 79.9. The molecule has 0 saturated heterocycles. The van der Waals surface area contributed by atoms with Crippen molar-refractivity contribution in [1.82, 2.24) is 0 Å². The van der Waals surface area contributed by atoms with Crippen LogP contribution in [0.2, 0.25) is 0 Å². The first-order valence-corrected chi connectivity index (χ1v) is 5.52. The zero-order chi connectivity index (χ0) is 9.20. The second-order valence-corrected chi connectivity index (χ2v) is 6.56. The van der Waals surface area contributed by atoms with Gasteiger partial charge in [-0.2, -0.15) is 0 Å². The summed E-state index contributed by atoms with van der Waals surface area (Å²) >= 11 is 3.49. The maximum atomic E-state index is 10.2. The minimum absolute atomic E-state index is 0.0741. The summed E-state index contributed by atoms with van der Waals surface area (Å²) in [5.74, 6) is 0.701. The third-order valence-corrected chi connectivity index (χ3v) is 6.00. The minimum Gasteiger partial charge on any atom is -0.378 e. The van der Waals surface area contributed by atoms with Crippen molar-refractivity contribution < 1.29 is 5.11 Å². The lowest BCUT2D eigenvalue weighted by molar-refractivity contribution is -0.0100. The highest BCUT2D eigenvalue weighted by Gasteiger charge is 2.67. The van der Waals surface area contributed by atoms with Crippen molar-refractivity contribution in [2.24, 2.45) is 16.7 Å². The molecule has 0 aromatic rings. The zero-order valence-electron chi connectivity index (χ0n) is 8.02. The molecule has 2 rings (SSSR count). The topological polar surface area (TPSA) is 20.2 Å². The lowest BCUT2D eigenvalue weighted by atomic mass is 9.70. The van der Waals surface area contributed by atoms with Crippen molar-refractivity contribution in [1.29, 1.82) is 0 Å². The van der Waals surface area contributed by atoms with E-state index in [0.717, 1.165) is 12.8 Å². The Balaban J connectivity index is 2.47. The van der Waals surface area contributed by atoms with Crippen molar-refractivity contribution in [2.75, 3.05) is 0 Å². The van der Waals surface area contributed by atoms with Gasteiger partial charge in [0.2, 0.25) is 0 Å². The molecule has 2 saturated carbocycles. The molecule has 0 unspecified atom stereocenters. The van der Waals surface area contributed by atoms with Crippen molar-refractivity contribution in [3.05, 3.63) is 0 Å². The molecule has 12 heavy (non-hydrogen) atoms. The molecule has 2 aliphatic carbocycles. The van der Waals surface area contributed by atoms with Crippen LogP contribution in [0.4, 0.5) is 0 Å². The monoisotopic (exact) mass is 232 g/mol. The molecule has 1 N–H and O–H groups in total. The van der Waals surface area contributed by atoms with E-state index in [-0.39, 0.29) is 5.41 Å². The summed E-state index contributed by atoms with van der Waals surface area (Å²) in [5.41, 5.74) is 0.371. The van der Waals surface area contributed by atoms with Gasteiger partial charge in [-0.25, -0.2) is 0 Å². The Morgan fingerprint density at radius 3 is 2.08 bits per heavy atom. The largest absolute Gasteiger partial charge is 0.378 e. The average molecular weight is 233 g/mol. The van der Waals surface area contributed by atoms with E-state index in [1.54, 1.807) is 0 Å². The van der Waals surface area contributed by atoms with Gasteiger partial charge in [0.15, 0.2) is 0 Å². The van der Waals surface area contributed by atoms with Crippen molar-refractivity contribution in [2.45, 2.75) is 44.5 Å². The van der Waals surface area contributed by atoms with E-state index in [4.69, 9.17) is 0 Å². The van der Waals surface area contributed by atoms with E-state index >= 15 is 0 Å². The molecule has 0 heterocycles. The summed E-state index contributed by atoms with van der Waals surface area (Å²) < 4.78 is -0.605. The van der Waals surface area contributed by atoms with Gasteiger partial charge >= 0.3 is 0 Å². The first-order chi connectivity index (χ1) is 5.31. The highest BCUT2D eigenvalue weighted by molar-refractivity contribution is 9.10. The van der Waals surface area contributed by atoms with Crippen LogP contribution in [0.15, 0.2) is 0 Å². The van der Waals surface area contributed by atoms with Crippen molar-refractivity contribution >= 4 is 15.9 Å². The van der Waals surface area contributed by atoms with E-state index in [1.165, 1.54) is 6.42 Å². The zero-order valence-corrected chi connectivity index (χ0v) is 9.61. The van der Waals surface area contributed by atoms with Crippen LogP contribution in [0.25, 0.3) is 0 Å². The molecular formula is C10H17BrO. The first kappa shape index (κ1) is 9.01. The molecule has 3 atom stereocenters. The number of halogens is 1. The third kappa shape index (κ3) is 0.741. The molecule has 2 bridgehead atoms. The van der Waals surface area contributed by atoms with Gasteiger partial charge in [0.05, 0.1) is 0 Å². The van der Waals surface area contributed by atoms with Crippen LogP contribution in [0.3, 0.4) is 0 Å². The minimum atomic E-state index is -0.605. The van der Waals surface area contributed by atoms with E-state index < -0.39 is 4.51 Å². The van der Waals surface area contributed by atoms with E-state index in [9.17, 15) is 5.11 Å². The van der Waals surface area contributed by atoms with E-state index in [2.05, 4.69) is 36.7 Å². The van der Waals surface area contributed by atoms with Gasteiger partial charge < -0.3 is 5.11 Å². The smallest absolute Gasteiger partial charge is 0.125 e. The van der Waals surface area contributed by atoms with Crippen LogP contribution in [-0.2, 0) is 0 Å². The molecule has 0 radical (unpaired) electrons. The van der Waals surface area contributed by atoms with Gasteiger partial charge in [0.25, 0.3) is 0 Å². The average Bonchev–Trinajstić information content (AvgIpc) is 2.18. The Hall–Kier alpha value is 0.440. The van der Waals surface area contributed by atoms with Gasteiger partial charge in [-0.15, -0.1) is 0 Å². The predicted octanol–water partition coefficient (Wildman–Crippen LogP) is 2.92. The van der Waals surface area contributed by atoms with Gasteiger partial charge in [0.1, 0.15) is 4.51 Å². The Kier molecular flexibility index (Phi) is 1.57. The summed E-state index contributed by atoms with van der Waals surface area (Å²) in [7, 11) is 0. The molecule has 0 aromatic heterocycles. The maximum absolute atomic E-state index is 10.2. The number of alkyl halides is 1. The molecule has 0 aliphatic heterocycles. The van der Waals surface area contributed by atoms with E-state index in [1.807, 2.05) is 0 Å². The fourth-order valence-corrected chi connectivity index (χ4v) is 4.29. The molecule has 0 spiro atoms. The SMILES string of the molecule is CC1(C)[C@@H]2CC[C@@]1(C)[C@@](O)(Br)C2.